The quantitative estimate of drug-likeness (QED) is 0.590. The molecule has 0 aliphatic rings. The second-order valence-electron chi connectivity index (χ2n) is 6.15. The van der Waals surface area contributed by atoms with Gasteiger partial charge in [0, 0.05) is 26.8 Å². The number of hydrogen-bond donors (Lipinski definition) is 1. The summed E-state index contributed by atoms with van der Waals surface area (Å²) in [6.07, 6.45) is 1.27. The van der Waals surface area contributed by atoms with Crippen LogP contribution >= 0.6 is 15.9 Å². The van der Waals surface area contributed by atoms with Crippen molar-refractivity contribution in [3.63, 3.8) is 0 Å². The first-order valence-corrected chi connectivity index (χ1v) is 10.2. The highest BCUT2D eigenvalue weighted by Crippen LogP contribution is 2.18. The molecular formula is C16H17BrN6O4S. The van der Waals surface area contributed by atoms with E-state index in [1.54, 1.807) is 13.1 Å². The van der Waals surface area contributed by atoms with Gasteiger partial charge in [0.2, 0.25) is 15.9 Å². The Kier molecular flexibility index (Phi) is 5.37. The topological polar surface area (TPSA) is 119 Å². The van der Waals surface area contributed by atoms with Gasteiger partial charge in [-0.2, -0.15) is 5.10 Å². The molecule has 0 spiro atoms. The van der Waals surface area contributed by atoms with Crippen molar-refractivity contribution in [2.24, 2.45) is 7.05 Å². The molecule has 28 heavy (non-hydrogen) atoms. The van der Waals surface area contributed by atoms with Gasteiger partial charge in [0.25, 0.3) is 5.56 Å². The Labute approximate surface area is 169 Å². The standard InChI is InChI=1S/C16H17BrN6O4S/c1-21(2)28(26,27)11-6-4-5-10(7-11)19-12(24)8-23-9-18-15-13(16(23)25)14(17)20-22(15)3/h4-7,9H,8H2,1-3H3,(H,19,24). The molecule has 1 N–H and O–H groups in total. The molecule has 0 saturated heterocycles. The molecule has 10 nitrogen and oxygen atoms in total. The Morgan fingerprint density at radius 3 is 2.71 bits per heavy atom. The number of fused-ring (bicyclic) bond motifs is 1. The van der Waals surface area contributed by atoms with Gasteiger partial charge in [-0.15, -0.1) is 0 Å². The van der Waals surface area contributed by atoms with Crippen molar-refractivity contribution >= 4 is 48.6 Å². The van der Waals surface area contributed by atoms with Crippen LogP contribution in [0.3, 0.4) is 0 Å². The van der Waals surface area contributed by atoms with Crippen LogP contribution in [0.1, 0.15) is 0 Å². The fourth-order valence-corrected chi connectivity index (χ4v) is 4.08. The average Bonchev–Trinajstić information content (AvgIpc) is 2.92. The molecule has 0 aliphatic carbocycles. The number of sulfonamides is 1. The highest BCUT2D eigenvalue weighted by atomic mass is 79.9. The second-order valence-corrected chi connectivity index (χ2v) is 9.06. The van der Waals surface area contributed by atoms with Crippen molar-refractivity contribution in [3.05, 3.63) is 45.5 Å². The zero-order valence-corrected chi connectivity index (χ0v) is 17.7. The number of hydrogen-bond acceptors (Lipinski definition) is 6. The summed E-state index contributed by atoms with van der Waals surface area (Å²) in [5.74, 6) is -0.498. The van der Waals surface area contributed by atoms with Crippen molar-refractivity contribution in [2.75, 3.05) is 19.4 Å². The van der Waals surface area contributed by atoms with Gasteiger partial charge in [-0.05, 0) is 34.1 Å². The van der Waals surface area contributed by atoms with Crippen molar-refractivity contribution in [2.45, 2.75) is 11.4 Å². The van der Waals surface area contributed by atoms with Gasteiger partial charge < -0.3 is 5.32 Å². The van der Waals surface area contributed by atoms with E-state index in [4.69, 9.17) is 0 Å². The van der Waals surface area contributed by atoms with Gasteiger partial charge in [-0.3, -0.25) is 14.2 Å². The third-order valence-corrected chi connectivity index (χ3v) is 6.34. The van der Waals surface area contributed by atoms with Crippen molar-refractivity contribution in [3.8, 4) is 0 Å². The van der Waals surface area contributed by atoms with E-state index >= 15 is 0 Å². The first kappa shape index (κ1) is 20.2. The van der Waals surface area contributed by atoms with Gasteiger partial charge in [-0.1, -0.05) is 6.07 Å². The van der Waals surface area contributed by atoms with E-state index in [2.05, 4.69) is 31.3 Å². The fraction of sp³-hybridized carbons (Fsp3) is 0.250. The number of amides is 1. The van der Waals surface area contributed by atoms with E-state index in [9.17, 15) is 18.0 Å². The molecule has 2 aromatic heterocycles. The average molecular weight is 469 g/mol. The number of carbonyl (C=O) groups excluding carboxylic acids is 1. The van der Waals surface area contributed by atoms with Gasteiger partial charge in [-0.25, -0.2) is 22.4 Å². The Morgan fingerprint density at radius 2 is 2.04 bits per heavy atom. The Bertz CT molecular complexity index is 1230. The van der Waals surface area contributed by atoms with Crippen molar-refractivity contribution < 1.29 is 13.2 Å². The molecule has 0 aliphatic heterocycles. The number of nitrogens with one attached hydrogen (secondary N) is 1. The molecule has 3 aromatic rings. The number of benzene rings is 1. The predicted molar refractivity (Wildman–Crippen MR) is 106 cm³/mol. The maximum Gasteiger partial charge on any atom is 0.266 e. The third kappa shape index (κ3) is 3.70. The van der Waals surface area contributed by atoms with Crippen LogP contribution < -0.4 is 10.9 Å². The SMILES string of the molecule is CN(C)S(=O)(=O)c1cccc(NC(=O)Cn2cnc3c(c(Br)nn3C)c2=O)c1. The zero-order chi connectivity index (χ0) is 20.6. The van der Waals surface area contributed by atoms with Crippen LogP contribution in [-0.4, -0.2) is 52.1 Å². The zero-order valence-electron chi connectivity index (χ0n) is 15.2. The summed E-state index contributed by atoms with van der Waals surface area (Å²) in [5, 5.41) is 6.95. The van der Waals surface area contributed by atoms with Gasteiger partial charge in [0.15, 0.2) is 5.65 Å². The lowest BCUT2D eigenvalue weighted by Crippen LogP contribution is -2.28. The molecule has 1 amide bonds. The number of nitrogens with zero attached hydrogens (tertiary/aromatic N) is 5. The van der Waals surface area contributed by atoms with E-state index in [0.29, 0.717) is 15.9 Å². The predicted octanol–water partition coefficient (Wildman–Crippen LogP) is 0.781. The Balaban J connectivity index is 1.84. The van der Waals surface area contributed by atoms with Crippen LogP contribution in [0.25, 0.3) is 11.0 Å². The molecule has 0 saturated carbocycles. The Hall–Kier alpha value is -2.57. The van der Waals surface area contributed by atoms with Crippen molar-refractivity contribution in [1.29, 1.82) is 0 Å². The fourth-order valence-electron chi connectivity index (χ4n) is 2.55. The first-order valence-electron chi connectivity index (χ1n) is 8.01. The van der Waals surface area contributed by atoms with Crippen molar-refractivity contribution in [1.82, 2.24) is 23.6 Å². The van der Waals surface area contributed by atoms with Crippen LogP contribution in [0.4, 0.5) is 5.69 Å². The molecule has 3 rings (SSSR count). The summed E-state index contributed by atoms with van der Waals surface area (Å²) in [6.45, 7) is -0.284. The van der Waals surface area contributed by atoms with Gasteiger partial charge in [0.1, 0.15) is 22.9 Å². The lowest BCUT2D eigenvalue weighted by Gasteiger charge is -2.13. The number of halogens is 1. The summed E-state index contributed by atoms with van der Waals surface area (Å²) in [6, 6.07) is 5.88. The van der Waals surface area contributed by atoms with E-state index in [0.717, 1.165) is 8.87 Å². The highest BCUT2D eigenvalue weighted by Gasteiger charge is 2.18. The highest BCUT2D eigenvalue weighted by molar-refractivity contribution is 9.10. The monoisotopic (exact) mass is 468 g/mol. The summed E-state index contributed by atoms with van der Waals surface area (Å²) < 4.78 is 28.5. The molecular weight excluding hydrogens is 452 g/mol. The minimum Gasteiger partial charge on any atom is -0.324 e. The number of rotatable bonds is 5. The number of aromatic nitrogens is 4. The van der Waals surface area contributed by atoms with Crippen LogP contribution in [0, 0.1) is 0 Å². The normalized spacial score (nSPS) is 11.9. The lowest BCUT2D eigenvalue weighted by atomic mass is 10.3. The van der Waals surface area contributed by atoms with Crippen LogP contribution in [-0.2, 0) is 28.4 Å². The summed E-state index contributed by atoms with van der Waals surface area (Å²) in [5.41, 5.74) is 0.289. The molecule has 148 valence electrons. The van der Waals surface area contributed by atoms with Crippen LogP contribution in [0.2, 0.25) is 0 Å². The maximum absolute atomic E-state index is 12.6. The third-order valence-electron chi connectivity index (χ3n) is 3.98. The number of carbonyl (C=O) groups is 1. The van der Waals surface area contributed by atoms with Gasteiger partial charge >= 0.3 is 0 Å². The maximum atomic E-state index is 12.6. The largest absolute Gasteiger partial charge is 0.324 e. The van der Waals surface area contributed by atoms with Gasteiger partial charge in [0.05, 0.1) is 4.90 Å². The minimum atomic E-state index is -3.63. The summed E-state index contributed by atoms with van der Waals surface area (Å²) in [7, 11) is 0.880. The number of aryl methyl sites for hydroxylation is 1. The molecule has 0 radical (unpaired) electrons. The minimum absolute atomic E-state index is 0.0508. The summed E-state index contributed by atoms with van der Waals surface area (Å²) >= 11 is 3.21. The first-order chi connectivity index (χ1) is 13.1. The molecule has 0 unspecified atom stereocenters. The molecule has 0 bridgehead atoms. The molecule has 12 heteroatoms. The van der Waals surface area contributed by atoms with E-state index in [-0.39, 0.29) is 16.8 Å². The molecule has 1 aromatic carbocycles. The summed E-state index contributed by atoms with van der Waals surface area (Å²) in [4.78, 5) is 29.2. The molecule has 2 heterocycles. The number of anilines is 1. The van der Waals surface area contributed by atoms with Crippen LogP contribution in [0.5, 0.6) is 0 Å². The van der Waals surface area contributed by atoms with E-state index in [1.165, 1.54) is 43.3 Å². The molecule has 0 atom stereocenters. The molecule has 0 fully saturated rings. The lowest BCUT2D eigenvalue weighted by molar-refractivity contribution is -0.116. The second kappa shape index (κ2) is 7.45. The van der Waals surface area contributed by atoms with E-state index < -0.39 is 21.5 Å². The van der Waals surface area contributed by atoms with Crippen LogP contribution in [0.15, 0.2) is 44.9 Å². The Morgan fingerprint density at radius 1 is 1.32 bits per heavy atom. The van der Waals surface area contributed by atoms with E-state index in [1.807, 2.05) is 0 Å². The smallest absolute Gasteiger partial charge is 0.266 e.